The summed E-state index contributed by atoms with van der Waals surface area (Å²) in [6.45, 7) is -1.17. The van der Waals surface area contributed by atoms with E-state index in [-0.39, 0.29) is 22.4 Å². The molecule has 0 bridgehead atoms. The lowest BCUT2D eigenvalue weighted by molar-refractivity contribution is -0.368. The Bertz CT molecular complexity index is 1160. The van der Waals surface area contributed by atoms with E-state index < -0.39 is 111 Å². The lowest BCUT2D eigenvalue weighted by Gasteiger charge is -2.46. The Balaban J connectivity index is 1.50. The van der Waals surface area contributed by atoms with Gasteiger partial charge in [0, 0.05) is 0 Å². The number of fused-ring (bicyclic) bond motifs is 1. The minimum atomic E-state index is -2.06. The van der Waals surface area contributed by atoms with Crippen LogP contribution in [-0.2, 0) is 18.9 Å². The van der Waals surface area contributed by atoms with Gasteiger partial charge in [-0.3, -0.25) is 0 Å². The zero-order valence-corrected chi connectivity index (χ0v) is 22.7. The highest BCUT2D eigenvalue weighted by Crippen LogP contribution is 2.32. The number of H-pyrrole nitrogens is 1. The van der Waals surface area contributed by atoms with Crippen molar-refractivity contribution in [2.24, 2.45) is 0 Å². The van der Waals surface area contributed by atoms with Gasteiger partial charge in [0.25, 0.3) is 0 Å². The van der Waals surface area contributed by atoms with Crippen molar-refractivity contribution < 1.29 is 79.5 Å². The number of halogens is 1. The van der Waals surface area contributed by atoms with E-state index in [0.717, 1.165) is 6.07 Å². The molecule has 4 rings (SSSR count). The van der Waals surface area contributed by atoms with Crippen LogP contribution >= 0.6 is 0 Å². The fourth-order valence-corrected chi connectivity index (χ4v) is 4.96. The molecular weight excluding hydrogens is 587 g/mol. The van der Waals surface area contributed by atoms with E-state index in [1.54, 1.807) is 0 Å². The zero-order valence-electron chi connectivity index (χ0n) is 22.7. The van der Waals surface area contributed by atoms with Gasteiger partial charge in [0.05, 0.1) is 30.9 Å². The van der Waals surface area contributed by atoms with Crippen LogP contribution in [0.15, 0.2) is 12.1 Å². The third-order valence-electron chi connectivity index (χ3n) is 7.54. The summed E-state index contributed by atoms with van der Waals surface area (Å²) in [5.41, 5.74) is 0.715. The van der Waals surface area contributed by atoms with Gasteiger partial charge in [-0.1, -0.05) is 0 Å². The molecular formula is C25H37FN2O15. The quantitative estimate of drug-likeness (QED) is 0.111. The maximum absolute atomic E-state index is 14.0. The van der Waals surface area contributed by atoms with Gasteiger partial charge < -0.3 is 80.1 Å². The summed E-state index contributed by atoms with van der Waals surface area (Å²) in [5, 5.41) is 113. The molecule has 0 amide bonds. The van der Waals surface area contributed by atoms with Gasteiger partial charge in [-0.05, 0) is 24.6 Å². The van der Waals surface area contributed by atoms with Gasteiger partial charge in [-0.15, -0.1) is 0 Å². The molecule has 1 aromatic heterocycles. The Kier molecular flexibility index (Phi) is 11.0. The molecule has 14 atom stereocenters. The lowest BCUT2D eigenvalue weighted by atomic mass is 9.96. The number of ether oxygens (including phenoxy) is 4. The normalized spacial score (nSPS) is 36.4. The Morgan fingerprint density at radius 3 is 2.14 bits per heavy atom. The van der Waals surface area contributed by atoms with E-state index in [2.05, 4.69) is 9.97 Å². The van der Waals surface area contributed by atoms with Gasteiger partial charge in [-0.25, -0.2) is 9.37 Å². The summed E-state index contributed by atoms with van der Waals surface area (Å²) in [5.74, 6) is -0.804. The average molecular weight is 625 g/mol. The molecule has 0 radical (unpaired) electrons. The predicted octanol–water partition coefficient (Wildman–Crippen LogP) is -5.23. The number of aliphatic hydroxyl groups is 11. The van der Waals surface area contributed by atoms with Crippen LogP contribution < -0.4 is 0 Å². The second-order valence-electron chi connectivity index (χ2n) is 10.5. The van der Waals surface area contributed by atoms with Crippen LogP contribution in [0.1, 0.15) is 17.5 Å². The maximum atomic E-state index is 14.0. The molecule has 2 aliphatic heterocycles. The fourth-order valence-electron chi connectivity index (χ4n) is 4.96. The Labute approximate surface area is 242 Å². The first-order valence-electron chi connectivity index (χ1n) is 13.4. The van der Waals surface area contributed by atoms with Gasteiger partial charge >= 0.3 is 0 Å². The average Bonchev–Trinajstić information content (AvgIpc) is 3.40. The number of nitrogens with zero attached hydrogens (tertiary/aromatic N) is 1. The fraction of sp³-hybridized carbons (Fsp3) is 0.720. The highest BCUT2D eigenvalue weighted by molar-refractivity contribution is 5.76. The largest absolute Gasteiger partial charge is 0.394 e. The van der Waals surface area contributed by atoms with Crippen molar-refractivity contribution in [3.05, 3.63) is 29.3 Å². The molecule has 18 heteroatoms. The van der Waals surface area contributed by atoms with Crippen LogP contribution in [0.2, 0.25) is 0 Å². The van der Waals surface area contributed by atoms with Crippen molar-refractivity contribution in [2.75, 3.05) is 19.8 Å². The summed E-state index contributed by atoms with van der Waals surface area (Å²) in [6, 6.07) is 2.52. The minimum absolute atomic E-state index is 0.190. The number of imidazole rings is 1. The first-order chi connectivity index (χ1) is 20.3. The number of aliphatic hydroxyl groups excluding tert-OH is 11. The number of hydrogen-bond acceptors (Lipinski definition) is 16. The summed E-state index contributed by atoms with van der Waals surface area (Å²) >= 11 is 0. The van der Waals surface area contributed by atoms with Crippen LogP contribution in [0.4, 0.5) is 4.39 Å². The molecule has 17 nitrogen and oxygen atoms in total. The van der Waals surface area contributed by atoms with Crippen LogP contribution in [0, 0.1) is 12.7 Å². The molecule has 244 valence electrons. The highest BCUT2D eigenvalue weighted by atomic mass is 19.1. The molecule has 2 fully saturated rings. The van der Waals surface area contributed by atoms with E-state index >= 15 is 0 Å². The zero-order chi connectivity index (χ0) is 31.7. The minimum Gasteiger partial charge on any atom is -0.394 e. The van der Waals surface area contributed by atoms with Crippen molar-refractivity contribution in [3.63, 3.8) is 0 Å². The molecule has 0 spiro atoms. The molecule has 3 heterocycles. The number of benzene rings is 1. The van der Waals surface area contributed by atoms with Crippen molar-refractivity contribution in [2.45, 2.75) is 92.8 Å². The molecule has 12 N–H and O–H groups in total. The Morgan fingerprint density at radius 2 is 1.51 bits per heavy atom. The molecule has 2 aromatic rings. The SMILES string of the molecule is Cc1cc2nc(C(O)[C@@H](O)[C@H](O[C@H]3OC(CO)[C@@H](O[C@H]4OC(CO)[C@@H](O)[C@H](O)C4O)[C@H](O)C3O)C(O)CO)[nH]c2cc1F. The molecule has 2 aliphatic rings. The second-order valence-corrected chi connectivity index (χ2v) is 10.5. The molecule has 0 saturated carbocycles. The monoisotopic (exact) mass is 624 g/mol. The lowest BCUT2D eigenvalue weighted by Crippen LogP contribution is -2.65. The number of aromatic nitrogens is 2. The Hall–Kier alpha value is -1.98. The van der Waals surface area contributed by atoms with E-state index in [1.165, 1.54) is 13.0 Å². The molecule has 0 aliphatic carbocycles. The topological polar surface area (TPSA) is 288 Å². The second kappa shape index (κ2) is 14.0. The molecule has 1 aromatic carbocycles. The first kappa shape index (κ1) is 33.9. The molecule has 6 unspecified atom stereocenters. The van der Waals surface area contributed by atoms with E-state index in [4.69, 9.17) is 18.9 Å². The standard InChI is InChI=1S/C25H37FN2O15/c1-7-2-9-10(3-8(7)26)28-23(27-9)18(37)16(35)21(11(32)4-29)42-25-20(39)17(36)22(13(6-31)41-25)43-24-19(38)15(34)14(33)12(5-30)40-24/h2-3,11-22,24-25,29-39H,4-6H2,1H3,(H,27,28)/t11?,12?,13?,14-,15+,16-,17-,18?,19?,20?,21-,22-,24-,25-/m1/s1. The number of aromatic amines is 1. The summed E-state index contributed by atoms with van der Waals surface area (Å²) in [4.78, 5) is 6.75. The van der Waals surface area contributed by atoms with Crippen LogP contribution in [-0.4, -0.2) is 166 Å². The van der Waals surface area contributed by atoms with Crippen molar-refractivity contribution in [1.29, 1.82) is 0 Å². The molecule has 43 heavy (non-hydrogen) atoms. The number of nitrogens with one attached hydrogen (secondary N) is 1. The number of hydrogen-bond donors (Lipinski definition) is 12. The van der Waals surface area contributed by atoms with E-state index in [1.807, 2.05) is 0 Å². The third-order valence-corrected chi connectivity index (χ3v) is 7.54. The molecule has 2 saturated heterocycles. The summed E-state index contributed by atoms with van der Waals surface area (Å²) in [6.07, 6.45) is -25.4. The van der Waals surface area contributed by atoms with E-state index in [0.29, 0.717) is 0 Å². The van der Waals surface area contributed by atoms with Gasteiger partial charge in [-0.2, -0.15) is 0 Å². The van der Waals surface area contributed by atoms with Crippen molar-refractivity contribution >= 4 is 11.0 Å². The van der Waals surface area contributed by atoms with Crippen LogP contribution in [0.3, 0.4) is 0 Å². The number of aryl methyl sites for hydroxylation is 1. The summed E-state index contributed by atoms with van der Waals surface area (Å²) in [7, 11) is 0. The first-order valence-corrected chi connectivity index (χ1v) is 13.4. The van der Waals surface area contributed by atoms with Crippen molar-refractivity contribution in [3.8, 4) is 0 Å². The predicted molar refractivity (Wildman–Crippen MR) is 136 cm³/mol. The van der Waals surface area contributed by atoms with Crippen LogP contribution in [0.5, 0.6) is 0 Å². The highest BCUT2D eigenvalue weighted by Gasteiger charge is 2.52. The van der Waals surface area contributed by atoms with Gasteiger partial charge in [0.15, 0.2) is 12.6 Å². The van der Waals surface area contributed by atoms with Crippen LogP contribution in [0.25, 0.3) is 11.0 Å². The van der Waals surface area contributed by atoms with E-state index in [9.17, 15) is 60.6 Å². The van der Waals surface area contributed by atoms with Gasteiger partial charge in [0.1, 0.15) is 84.9 Å². The smallest absolute Gasteiger partial charge is 0.187 e. The number of rotatable bonds is 11. The summed E-state index contributed by atoms with van der Waals surface area (Å²) < 4.78 is 35.6. The third kappa shape index (κ3) is 6.83. The Morgan fingerprint density at radius 1 is 0.884 bits per heavy atom. The van der Waals surface area contributed by atoms with Gasteiger partial charge in [0.2, 0.25) is 0 Å². The van der Waals surface area contributed by atoms with Crippen molar-refractivity contribution in [1.82, 2.24) is 9.97 Å². The maximum Gasteiger partial charge on any atom is 0.187 e.